The zero-order valence-electron chi connectivity index (χ0n) is 15.3. The summed E-state index contributed by atoms with van der Waals surface area (Å²) in [6.07, 6.45) is 0. The minimum absolute atomic E-state index is 0.0682. The smallest absolute Gasteiger partial charge is 0.291 e. The number of carbonyl (C=O) groups is 1. The highest BCUT2D eigenvalue weighted by atomic mass is 35.5. The Morgan fingerprint density at radius 3 is 2.79 bits per heavy atom. The van der Waals surface area contributed by atoms with E-state index in [0.717, 1.165) is 0 Å². The second-order valence-corrected chi connectivity index (χ2v) is 6.60. The Morgan fingerprint density at radius 2 is 2.00 bits per heavy atom. The highest BCUT2D eigenvalue weighted by molar-refractivity contribution is 6.30. The van der Waals surface area contributed by atoms with Gasteiger partial charge in [-0.25, -0.2) is 4.98 Å². The number of nitrogens with one attached hydrogen (secondary N) is 2. The van der Waals surface area contributed by atoms with E-state index < -0.39 is 5.91 Å². The van der Waals surface area contributed by atoms with Gasteiger partial charge < -0.3 is 4.52 Å². The summed E-state index contributed by atoms with van der Waals surface area (Å²) in [5, 5.41) is 4.84. The van der Waals surface area contributed by atoms with Crippen LogP contribution in [0.1, 0.15) is 17.4 Å². The molecule has 9 heteroatoms. The number of aromatic nitrogens is 3. The molecule has 8 nitrogen and oxygen atoms in total. The Hall–Kier alpha value is -3.65. The summed E-state index contributed by atoms with van der Waals surface area (Å²) < 4.78 is 6.67. The van der Waals surface area contributed by atoms with E-state index in [9.17, 15) is 9.59 Å². The maximum Gasteiger partial charge on any atom is 0.291 e. The Morgan fingerprint density at radius 1 is 1.17 bits per heavy atom. The van der Waals surface area contributed by atoms with Crippen LogP contribution in [0.5, 0.6) is 0 Å². The fraction of sp³-hybridized carbons (Fsp3) is 0.100. The Kier molecular flexibility index (Phi) is 5.01. The summed E-state index contributed by atoms with van der Waals surface area (Å²) in [5.41, 5.74) is 6.31. The number of hydrazine groups is 1. The van der Waals surface area contributed by atoms with Crippen LogP contribution in [0.15, 0.2) is 63.9 Å². The van der Waals surface area contributed by atoms with E-state index in [1.165, 1.54) is 10.6 Å². The van der Waals surface area contributed by atoms with Crippen LogP contribution in [0.4, 0.5) is 5.95 Å². The number of halogens is 1. The lowest BCUT2D eigenvalue weighted by Gasteiger charge is -2.13. The van der Waals surface area contributed by atoms with Crippen molar-refractivity contribution in [3.05, 3.63) is 75.7 Å². The number of para-hydroxylation sites is 1. The van der Waals surface area contributed by atoms with Crippen LogP contribution in [0.3, 0.4) is 0 Å². The molecule has 0 radical (unpaired) electrons. The van der Waals surface area contributed by atoms with Gasteiger partial charge in [-0.05, 0) is 31.2 Å². The van der Waals surface area contributed by atoms with Crippen molar-refractivity contribution in [3.63, 3.8) is 0 Å². The zero-order chi connectivity index (χ0) is 20.4. The highest BCUT2D eigenvalue weighted by Gasteiger charge is 2.15. The average Bonchev–Trinajstić information content (AvgIpc) is 3.23. The lowest BCUT2D eigenvalue weighted by atomic mass is 10.1. The summed E-state index contributed by atoms with van der Waals surface area (Å²) in [7, 11) is 0. The second-order valence-electron chi connectivity index (χ2n) is 6.17. The van der Waals surface area contributed by atoms with Crippen molar-refractivity contribution in [2.75, 3.05) is 5.43 Å². The van der Waals surface area contributed by atoms with E-state index in [1.807, 2.05) is 6.92 Å². The predicted octanol–water partition coefficient (Wildman–Crippen LogP) is 3.48. The van der Waals surface area contributed by atoms with Gasteiger partial charge in [0.25, 0.3) is 11.5 Å². The minimum Gasteiger partial charge on any atom is -0.355 e. The van der Waals surface area contributed by atoms with Gasteiger partial charge in [0, 0.05) is 23.2 Å². The number of anilines is 1. The first-order chi connectivity index (χ1) is 14.1. The van der Waals surface area contributed by atoms with Crippen LogP contribution < -0.4 is 16.4 Å². The van der Waals surface area contributed by atoms with E-state index in [4.69, 9.17) is 16.1 Å². The van der Waals surface area contributed by atoms with Crippen LogP contribution in [0.2, 0.25) is 5.02 Å². The van der Waals surface area contributed by atoms with Crippen molar-refractivity contribution >= 4 is 34.4 Å². The summed E-state index contributed by atoms with van der Waals surface area (Å²) in [6, 6.07) is 15.5. The van der Waals surface area contributed by atoms with E-state index in [-0.39, 0.29) is 17.2 Å². The number of hydrogen-bond acceptors (Lipinski definition) is 6. The first-order valence-corrected chi connectivity index (χ1v) is 9.23. The third-order valence-electron chi connectivity index (χ3n) is 4.32. The summed E-state index contributed by atoms with van der Waals surface area (Å²) >= 11 is 5.98. The summed E-state index contributed by atoms with van der Waals surface area (Å²) in [5.74, 6) is 0.0992. The fourth-order valence-electron chi connectivity index (χ4n) is 2.89. The molecule has 0 spiro atoms. The van der Waals surface area contributed by atoms with Gasteiger partial charge in [0.2, 0.25) is 5.95 Å². The third-order valence-corrected chi connectivity index (χ3v) is 4.55. The topological polar surface area (TPSA) is 102 Å². The lowest BCUT2D eigenvalue weighted by Crippen LogP contribution is -2.34. The van der Waals surface area contributed by atoms with Crippen LogP contribution in [0.25, 0.3) is 22.2 Å². The van der Waals surface area contributed by atoms with Crippen LogP contribution in [-0.2, 0) is 6.54 Å². The first kappa shape index (κ1) is 18.7. The molecule has 0 aliphatic rings. The van der Waals surface area contributed by atoms with E-state index in [1.54, 1.807) is 48.5 Å². The second kappa shape index (κ2) is 7.76. The van der Waals surface area contributed by atoms with Crippen molar-refractivity contribution in [2.45, 2.75) is 13.5 Å². The molecule has 0 atom stereocenters. The molecule has 0 unspecified atom stereocenters. The van der Waals surface area contributed by atoms with Crippen molar-refractivity contribution in [1.82, 2.24) is 20.1 Å². The van der Waals surface area contributed by atoms with Crippen molar-refractivity contribution < 1.29 is 9.32 Å². The van der Waals surface area contributed by atoms with Gasteiger partial charge in [-0.1, -0.05) is 41.0 Å². The third kappa shape index (κ3) is 3.70. The van der Waals surface area contributed by atoms with Crippen LogP contribution >= 0.6 is 11.6 Å². The van der Waals surface area contributed by atoms with Gasteiger partial charge in [-0.2, -0.15) is 0 Å². The maximum absolute atomic E-state index is 12.6. The SMILES string of the molecule is CCn1c(NNC(=O)c2cc(-c3cccc(Cl)c3)on2)nc2ccccc2c1=O. The van der Waals surface area contributed by atoms with E-state index >= 15 is 0 Å². The molecular formula is C20H16ClN5O3. The van der Waals surface area contributed by atoms with Gasteiger partial charge in [0.05, 0.1) is 10.9 Å². The zero-order valence-corrected chi connectivity index (χ0v) is 16.1. The number of hydrogen-bond donors (Lipinski definition) is 2. The molecule has 4 rings (SSSR count). The lowest BCUT2D eigenvalue weighted by molar-refractivity contribution is 0.0953. The van der Waals surface area contributed by atoms with Gasteiger partial charge >= 0.3 is 0 Å². The summed E-state index contributed by atoms with van der Waals surface area (Å²) in [4.78, 5) is 29.5. The fourth-order valence-corrected chi connectivity index (χ4v) is 3.08. The monoisotopic (exact) mass is 409 g/mol. The van der Waals surface area contributed by atoms with Gasteiger partial charge in [-0.15, -0.1) is 0 Å². The molecule has 0 saturated carbocycles. The Balaban J connectivity index is 1.55. The van der Waals surface area contributed by atoms with Gasteiger partial charge in [0.15, 0.2) is 11.5 Å². The van der Waals surface area contributed by atoms with Crippen molar-refractivity contribution in [1.29, 1.82) is 0 Å². The van der Waals surface area contributed by atoms with Gasteiger partial charge in [-0.3, -0.25) is 25.0 Å². The molecule has 1 amide bonds. The van der Waals surface area contributed by atoms with Crippen molar-refractivity contribution in [3.8, 4) is 11.3 Å². The number of nitrogens with zero attached hydrogens (tertiary/aromatic N) is 3. The number of amides is 1. The molecule has 0 saturated heterocycles. The van der Waals surface area contributed by atoms with Gasteiger partial charge in [0.1, 0.15) is 0 Å². The molecule has 4 aromatic rings. The first-order valence-electron chi connectivity index (χ1n) is 8.85. The molecule has 2 heterocycles. The molecule has 146 valence electrons. The minimum atomic E-state index is -0.535. The molecular weight excluding hydrogens is 394 g/mol. The normalized spacial score (nSPS) is 10.8. The molecule has 2 N–H and O–H groups in total. The number of benzene rings is 2. The molecule has 0 aliphatic carbocycles. The Labute approximate surface area is 170 Å². The molecule has 0 bridgehead atoms. The standard InChI is InChI=1S/C20H16ClN5O3/c1-2-26-19(28)14-8-3-4-9-15(14)22-20(26)24-23-18(27)16-11-17(29-25-16)12-6-5-7-13(21)10-12/h3-11H,2H2,1H3,(H,22,24)(H,23,27). The average molecular weight is 410 g/mol. The number of fused-ring (bicyclic) bond motifs is 1. The van der Waals surface area contributed by atoms with Crippen molar-refractivity contribution in [2.24, 2.45) is 0 Å². The number of rotatable bonds is 5. The van der Waals surface area contributed by atoms with Crippen LogP contribution in [0, 0.1) is 0 Å². The van der Waals surface area contributed by atoms with Crippen LogP contribution in [-0.4, -0.2) is 20.6 Å². The predicted molar refractivity (Wildman–Crippen MR) is 110 cm³/mol. The largest absolute Gasteiger partial charge is 0.355 e. The molecule has 0 fully saturated rings. The molecule has 2 aromatic heterocycles. The highest BCUT2D eigenvalue weighted by Crippen LogP contribution is 2.23. The molecule has 0 aliphatic heterocycles. The molecule has 2 aromatic carbocycles. The van der Waals surface area contributed by atoms with E-state index in [2.05, 4.69) is 21.0 Å². The quantitative estimate of drug-likeness (QED) is 0.489. The Bertz CT molecular complexity index is 1260. The van der Waals surface area contributed by atoms with E-state index in [0.29, 0.717) is 33.8 Å². The maximum atomic E-state index is 12.6. The summed E-state index contributed by atoms with van der Waals surface area (Å²) in [6.45, 7) is 2.21. The number of carbonyl (C=O) groups excluding carboxylic acids is 1. The molecule has 29 heavy (non-hydrogen) atoms.